The van der Waals surface area contributed by atoms with Gasteiger partial charge in [-0.3, -0.25) is 0 Å². The first kappa shape index (κ1) is 17.9. The Balaban J connectivity index is 1.35. The Kier molecular flexibility index (Phi) is 5.50. The van der Waals surface area contributed by atoms with Gasteiger partial charge in [0.15, 0.2) is 0 Å². The quantitative estimate of drug-likeness (QED) is 0.553. The number of aromatic nitrogens is 3. The molecule has 0 aliphatic carbocycles. The van der Waals surface area contributed by atoms with Gasteiger partial charge in [0.05, 0.1) is 15.2 Å². The fourth-order valence-electron chi connectivity index (χ4n) is 3.55. The lowest BCUT2D eigenvalue weighted by molar-refractivity contribution is 0.400. The predicted molar refractivity (Wildman–Crippen MR) is 112 cm³/mol. The summed E-state index contributed by atoms with van der Waals surface area (Å²) in [4.78, 5) is 16.3. The molecule has 1 fully saturated rings. The van der Waals surface area contributed by atoms with E-state index in [4.69, 9.17) is 4.98 Å². The summed E-state index contributed by atoms with van der Waals surface area (Å²) in [5, 5.41) is 1.26. The molecule has 4 nitrogen and oxygen atoms in total. The van der Waals surface area contributed by atoms with Gasteiger partial charge in [-0.2, -0.15) is 0 Å². The number of benzene rings is 1. The molecule has 0 amide bonds. The van der Waals surface area contributed by atoms with Crippen LogP contribution in [0.2, 0.25) is 0 Å². The van der Waals surface area contributed by atoms with E-state index in [-0.39, 0.29) is 0 Å². The second kappa shape index (κ2) is 8.01. The largest absolute Gasteiger partial charge is 0.341 e. The van der Waals surface area contributed by atoms with Crippen molar-refractivity contribution in [1.29, 1.82) is 0 Å². The van der Waals surface area contributed by atoms with Crippen LogP contribution in [0.3, 0.4) is 0 Å². The standard InChI is InChI=1S/C20H23BrN4S/c1-2-3-15-12-22-20(23-13-15)25-8-6-14(7-9-25)10-19-24-17-5-4-16(21)11-18(17)26-19/h4-5,11-14H,2-3,6-10H2,1H3. The number of piperidine rings is 1. The minimum Gasteiger partial charge on any atom is -0.341 e. The van der Waals surface area contributed by atoms with Crippen LogP contribution in [0.25, 0.3) is 10.2 Å². The van der Waals surface area contributed by atoms with Crippen LogP contribution in [0.4, 0.5) is 5.95 Å². The van der Waals surface area contributed by atoms with Crippen LogP contribution in [0.1, 0.15) is 36.8 Å². The van der Waals surface area contributed by atoms with E-state index in [1.807, 2.05) is 23.7 Å². The van der Waals surface area contributed by atoms with Crippen molar-refractivity contribution in [2.45, 2.75) is 39.0 Å². The van der Waals surface area contributed by atoms with Crippen LogP contribution in [-0.2, 0) is 12.8 Å². The van der Waals surface area contributed by atoms with Crippen LogP contribution >= 0.6 is 27.3 Å². The minimum atomic E-state index is 0.703. The summed E-state index contributed by atoms with van der Waals surface area (Å²) in [6.45, 7) is 4.26. The lowest BCUT2D eigenvalue weighted by atomic mass is 9.94. The van der Waals surface area contributed by atoms with E-state index in [9.17, 15) is 0 Å². The third-order valence-corrected chi connectivity index (χ3v) is 6.52. The Morgan fingerprint density at radius 2 is 1.96 bits per heavy atom. The molecule has 26 heavy (non-hydrogen) atoms. The molecule has 1 aliphatic rings. The first-order chi connectivity index (χ1) is 12.7. The highest BCUT2D eigenvalue weighted by atomic mass is 79.9. The Morgan fingerprint density at radius 3 is 2.69 bits per heavy atom. The minimum absolute atomic E-state index is 0.703. The number of nitrogens with zero attached hydrogens (tertiary/aromatic N) is 4. The van der Waals surface area contributed by atoms with E-state index < -0.39 is 0 Å². The summed E-state index contributed by atoms with van der Waals surface area (Å²) in [5.74, 6) is 1.59. The number of fused-ring (bicyclic) bond motifs is 1. The first-order valence-electron chi connectivity index (χ1n) is 9.32. The zero-order valence-electron chi connectivity index (χ0n) is 15.0. The summed E-state index contributed by atoms with van der Waals surface area (Å²) in [7, 11) is 0. The van der Waals surface area contributed by atoms with Crippen molar-refractivity contribution in [2.75, 3.05) is 18.0 Å². The van der Waals surface area contributed by atoms with Gasteiger partial charge in [0, 0.05) is 36.4 Å². The molecule has 3 heterocycles. The Hall–Kier alpha value is -1.53. The van der Waals surface area contributed by atoms with Crippen molar-refractivity contribution in [3.63, 3.8) is 0 Å². The lowest BCUT2D eigenvalue weighted by Crippen LogP contribution is -2.35. The van der Waals surface area contributed by atoms with Crippen molar-refractivity contribution >= 4 is 43.4 Å². The van der Waals surface area contributed by atoms with E-state index in [0.29, 0.717) is 5.92 Å². The molecule has 2 aromatic heterocycles. The molecular formula is C20H23BrN4S. The molecule has 4 rings (SSSR count). The smallest absolute Gasteiger partial charge is 0.225 e. The number of hydrogen-bond donors (Lipinski definition) is 0. The summed E-state index contributed by atoms with van der Waals surface area (Å²) in [5.41, 5.74) is 2.35. The number of thiazole rings is 1. The lowest BCUT2D eigenvalue weighted by Gasteiger charge is -2.31. The maximum absolute atomic E-state index is 4.81. The van der Waals surface area contributed by atoms with Crippen molar-refractivity contribution in [1.82, 2.24) is 15.0 Å². The van der Waals surface area contributed by atoms with Crippen LogP contribution in [0.15, 0.2) is 35.1 Å². The average Bonchev–Trinajstić information content (AvgIpc) is 3.05. The second-order valence-electron chi connectivity index (χ2n) is 7.00. The van der Waals surface area contributed by atoms with Gasteiger partial charge in [-0.1, -0.05) is 29.3 Å². The highest BCUT2D eigenvalue weighted by Gasteiger charge is 2.22. The van der Waals surface area contributed by atoms with Gasteiger partial charge in [0.1, 0.15) is 0 Å². The molecule has 0 radical (unpaired) electrons. The van der Waals surface area contributed by atoms with E-state index in [0.717, 1.165) is 48.3 Å². The van der Waals surface area contributed by atoms with Crippen molar-refractivity contribution < 1.29 is 0 Å². The zero-order valence-corrected chi connectivity index (χ0v) is 17.4. The van der Waals surface area contributed by atoms with Crippen molar-refractivity contribution in [3.8, 4) is 0 Å². The fourth-order valence-corrected chi connectivity index (χ4v) is 5.18. The van der Waals surface area contributed by atoms with Crippen molar-refractivity contribution in [2.24, 2.45) is 5.92 Å². The summed E-state index contributed by atoms with van der Waals surface area (Å²) in [6.07, 6.45) is 9.60. The molecule has 136 valence electrons. The molecule has 0 bridgehead atoms. The van der Waals surface area contributed by atoms with E-state index in [2.05, 4.69) is 55.9 Å². The highest BCUT2D eigenvalue weighted by molar-refractivity contribution is 9.10. The maximum atomic E-state index is 4.81. The van der Waals surface area contributed by atoms with Gasteiger partial charge in [0.25, 0.3) is 0 Å². The number of halogens is 1. The van der Waals surface area contributed by atoms with Gasteiger partial charge >= 0.3 is 0 Å². The number of hydrogen-bond acceptors (Lipinski definition) is 5. The number of rotatable bonds is 5. The van der Waals surface area contributed by atoms with Gasteiger partial charge in [-0.05, 0) is 48.9 Å². The van der Waals surface area contributed by atoms with Crippen molar-refractivity contribution in [3.05, 3.63) is 45.6 Å². The Labute approximate surface area is 166 Å². The summed E-state index contributed by atoms with van der Waals surface area (Å²) < 4.78 is 2.39. The zero-order chi connectivity index (χ0) is 17.9. The molecule has 3 aromatic rings. The van der Waals surface area contributed by atoms with Gasteiger partial charge in [0.2, 0.25) is 5.95 Å². The third kappa shape index (κ3) is 4.07. The van der Waals surface area contributed by atoms with E-state index in [1.165, 1.54) is 28.1 Å². The fraction of sp³-hybridized carbons (Fsp3) is 0.450. The summed E-state index contributed by atoms with van der Waals surface area (Å²) >= 11 is 5.37. The molecule has 0 N–H and O–H groups in total. The van der Waals surface area contributed by atoms with Crippen LogP contribution in [0.5, 0.6) is 0 Å². The van der Waals surface area contributed by atoms with E-state index >= 15 is 0 Å². The molecule has 0 unspecified atom stereocenters. The highest BCUT2D eigenvalue weighted by Crippen LogP contribution is 2.30. The monoisotopic (exact) mass is 430 g/mol. The average molecular weight is 431 g/mol. The molecule has 1 aliphatic heterocycles. The molecule has 0 saturated carbocycles. The predicted octanol–water partition coefficient (Wildman–Crippen LogP) is 5.26. The maximum Gasteiger partial charge on any atom is 0.225 e. The summed E-state index contributed by atoms with van der Waals surface area (Å²) in [6, 6.07) is 6.33. The number of aryl methyl sites for hydroxylation is 1. The number of anilines is 1. The third-order valence-electron chi connectivity index (χ3n) is 4.99. The molecule has 1 aromatic carbocycles. The molecular weight excluding hydrogens is 408 g/mol. The molecule has 0 atom stereocenters. The second-order valence-corrected chi connectivity index (χ2v) is 9.03. The molecule has 6 heteroatoms. The SMILES string of the molecule is CCCc1cnc(N2CCC(Cc3nc4ccc(Br)cc4s3)CC2)nc1. The topological polar surface area (TPSA) is 41.9 Å². The van der Waals surface area contributed by atoms with E-state index in [1.54, 1.807) is 0 Å². The van der Waals surface area contributed by atoms with Gasteiger partial charge < -0.3 is 4.90 Å². The van der Waals surface area contributed by atoms with Crippen LogP contribution in [-0.4, -0.2) is 28.0 Å². The van der Waals surface area contributed by atoms with Crippen LogP contribution in [0, 0.1) is 5.92 Å². The van der Waals surface area contributed by atoms with Crippen LogP contribution < -0.4 is 4.90 Å². The van der Waals surface area contributed by atoms with Gasteiger partial charge in [-0.15, -0.1) is 11.3 Å². The first-order valence-corrected chi connectivity index (χ1v) is 10.9. The molecule has 0 spiro atoms. The Bertz CT molecular complexity index is 869. The van der Waals surface area contributed by atoms with Gasteiger partial charge in [-0.25, -0.2) is 15.0 Å². The normalized spacial score (nSPS) is 15.7. The Morgan fingerprint density at radius 1 is 1.19 bits per heavy atom. The molecule has 1 saturated heterocycles.